The predicted molar refractivity (Wildman–Crippen MR) is 92.0 cm³/mol. The van der Waals surface area contributed by atoms with Crippen LogP contribution in [-0.2, 0) is 6.54 Å². The predicted octanol–water partition coefficient (Wildman–Crippen LogP) is 3.59. The quantitative estimate of drug-likeness (QED) is 0.573. The van der Waals surface area contributed by atoms with Crippen LogP contribution in [0.4, 0.5) is 4.39 Å². The Bertz CT molecular complexity index is 983. The van der Waals surface area contributed by atoms with Gasteiger partial charge in [-0.1, -0.05) is 18.2 Å². The van der Waals surface area contributed by atoms with Crippen molar-refractivity contribution < 1.29 is 4.39 Å². The van der Waals surface area contributed by atoms with E-state index in [4.69, 9.17) is 0 Å². The summed E-state index contributed by atoms with van der Waals surface area (Å²) in [5.41, 5.74) is 3.01. The van der Waals surface area contributed by atoms with E-state index < -0.39 is 0 Å². The first-order valence-electron chi connectivity index (χ1n) is 7.80. The molecule has 0 saturated heterocycles. The van der Waals surface area contributed by atoms with Gasteiger partial charge in [-0.15, -0.1) is 0 Å². The molecule has 0 amide bonds. The van der Waals surface area contributed by atoms with Crippen molar-refractivity contribution in [1.29, 1.82) is 0 Å². The van der Waals surface area contributed by atoms with Crippen molar-refractivity contribution >= 4 is 0 Å². The Balaban J connectivity index is 1.81. The molecule has 0 aliphatic heterocycles. The van der Waals surface area contributed by atoms with Crippen LogP contribution in [0.2, 0.25) is 0 Å². The fourth-order valence-electron chi connectivity index (χ4n) is 2.62. The van der Waals surface area contributed by atoms with E-state index in [1.807, 2.05) is 24.3 Å². The summed E-state index contributed by atoms with van der Waals surface area (Å²) in [5, 5.41) is 4.60. The average Bonchev–Trinajstić information content (AvgIpc) is 3.09. The van der Waals surface area contributed by atoms with Gasteiger partial charge >= 0.3 is 0 Å². The molecule has 0 aliphatic rings. The SMILES string of the molecule is Fc1ccccc1Cn1nc(-c2ncccn2)cc1-c1ccncc1. The van der Waals surface area contributed by atoms with Crippen molar-refractivity contribution in [3.8, 4) is 22.8 Å². The Morgan fingerprint density at radius 2 is 1.64 bits per heavy atom. The highest BCUT2D eigenvalue weighted by Crippen LogP contribution is 2.25. The van der Waals surface area contributed by atoms with Crippen molar-refractivity contribution in [2.24, 2.45) is 0 Å². The number of nitrogens with zero attached hydrogens (tertiary/aromatic N) is 5. The molecule has 0 bridgehead atoms. The molecule has 25 heavy (non-hydrogen) atoms. The van der Waals surface area contributed by atoms with Crippen molar-refractivity contribution in [3.63, 3.8) is 0 Å². The summed E-state index contributed by atoms with van der Waals surface area (Å²) >= 11 is 0. The van der Waals surface area contributed by atoms with Crippen molar-refractivity contribution in [3.05, 3.63) is 84.7 Å². The number of rotatable bonds is 4. The molecule has 0 spiro atoms. The van der Waals surface area contributed by atoms with Gasteiger partial charge in [-0.2, -0.15) is 5.10 Å². The second kappa shape index (κ2) is 6.60. The van der Waals surface area contributed by atoms with Gasteiger partial charge in [-0.3, -0.25) is 9.67 Å². The first kappa shape index (κ1) is 15.1. The monoisotopic (exact) mass is 331 g/mol. The van der Waals surface area contributed by atoms with Crippen LogP contribution >= 0.6 is 0 Å². The zero-order valence-electron chi connectivity index (χ0n) is 13.2. The number of halogens is 1. The van der Waals surface area contributed by atoms with Gasteiger partial charge in [0.2, 0.25) is 0 Å². The maximum Gasteiger partial charge on any atom is 0.180 e. The molecule has 4 aromatic rings. The molecule has 0 saturated carbocycles. The summed E-state index contributed by atoms with van der Waals surface area (Å²) in [4.78, 5) is 12.5. The van der Waals surface area contributed by atoms with Crippen molar-refractivity contribution in [1.82, 2.24) is 24.7 Å². The first-order chi connectivity index (χ1) is 12.3. The van der Waals surface area contributed by atoms with Gasteiger partial charge in [0.1, 0.15) is 11.5 Å². The minimum atomic E-state index is -0.254. The fraction of sp³-hybridized carbons (Fsp3) is 0.0526. The highest BCUT2D eigenvalue weighted by atomic mass is 19.1. The largest absolute Gasteiger partial charge is 0.265 e. The van der Waals surface area contributed by atoms with Gasteiger partial charge in [-0.25, -0.2) is 14.4 Å². The van der Waals surface area contributed by atoms with Gasteiger partial charge < -0.3 is 0 Å². The van der Waals surface area contributed by atoms with Crippen LogP contribution in [0.5, 0.6) is 0 Å². The summed E-state index contributed by atoms with van der Waals surface area (Å²) in [6, 6.07) is 14.1. The molecule has 3 heterocycles. The van der Waals surface area contributed by atoms with Crippen LogP contribution in [-0.4, -0.2) is 24.7 Å². The summed E-state index contributed by atoms with van der Waals surface area (Å²) in [6.07, 6.45) is 6.78. The molecule has 4 rings (SSSR count). The maximum atomic E-state index is 14.1. The first-order valence-corrected chi connectivity index (χ1v) is 7.80. The highest BCUT2D eigenvalue weighted by molar-refractivity contribution is 5.65. The summed E-state index contributed by atoms with van der Waals surface area (Å²) < 4.78 is 15.8. The minimum absolute atomic E-state index is 0.254. The molecule has 0 aliphatic carbocycles. The molecule has 0 fully saturated rings. The van der Waals surface area contributed by atoms with E-state index in [-0.39, 0.29) is 5.82 Å². The fourth-order valence-corrected chi connectivity index (χ4v) is 2.62. The number of pyridine rings is 1. The number of hydrogen-bond acceptors (Lipinski definition) is 4. The topological polar surface area (TPSA) is 56.5 Å². The summed E-state index contributed by atoms with van der Waals surface area (Å²) in [5.74, 6) is 0.279. The van der Waals surface area contributed by atoms with Crippen LogP contribution in [0.15, 0.2) is 73.3 Å². The summed E-state index contributed by atoms with van der Waals surface area (Å²) in [7, 11) is 0. The third-order valence-corrected chi connectivity index (χ3v) is 3.83. The smallest absolute Gasteiger partial charge is 0.180 e. The molecule has 3 aromatic heterocycles. The highest BCUT2D eigenvalue weighted by Gasteiger charge is 2.14. The lowest BCUT2D eigenvalue weighted by Crippen LogP contribution is -2.06. The van der Waals surface area contributed by atoms with E-state index in [0.29, 0.717) is 23.6 Å². The molecule has 122 valence electrons. The van der Waals surface area contributed by atoms with Crippen LogP contribution in [0.1, 0.15) is 5.56 Å². The van der Waals surface area contributed by atoms with Gasteiger partial charge in [0.15, 0.2) is 5.82 Å². The van der Waals surface area contributed by atoms with Gasteiger partial charge in [0.25, 0.3) is 0 Å². The van der Waals surface area contributed by atoms with Gasteiger partial charge in [-0.05, 0) is 30.3 Å². The Hall–Kier alpha value is -3.41. The van der Waals surface area contributed by atoms with Crippen LogP contribution in [0.25, 0.3) is 22.8 Å². The zero-order chi connectivity index (χ0) is 17.1. The standard InChI is InChI=1S/C19H14FN5/c20-16-5-2-1-4-15(16)13-25-18(14-6-10-21-11-7-14)12-17(24-25)19-22-8-3-9-23-19/h1-12H,13H2. The molecule has 0 atom stereocenters. The minimum Gasteiger partial charge on any atom is -0.265 e. The molecule has 0 unspecified atom stereocenters. The molecular formula is C19H14FN5. The van der Waals surface area contributed by atoms with E-state index in [1.54, 1.807) is 47.7 Å². The molecule has 5 nitrogen and oxygen atoms in total. The number of benzene rings is 1. The molecular weight excluding hydrogens is 317 g/mol. The van der Waals surface area contributed by atoms with E-state index >= 15 is 0 Å². The van der Waals surface area contributed by atoms with Crippen molar-refractivity contribution in [2.75, 3.05) is 0 Å². The third kappa shape index (κ3) is 3.14. The van der Waals surface area contributed by atoms with Gasteiger partial charge in [0.05, 0.1) is 12.2 Å². The number of hydrogen-bond donors (Lipinski definition) is 0. The lowest BCUT2D eigenvalue weighted by molar-refractivity contribution is 0.587. The van der Waals surface area contributed by atoms with Gasteiger partial charge in [0, 0.05) is 35.9 Å². The molecule has 0 N–H and O–H groups in total. The lowest BCUT2D eigenvalue weighted by Gasteiger charge is -2.08. The maximum absolute atomic E-state index is 14.1. The third-order valence-electron chi connectivity index (χ3n) is 3.83. The van der Waals surface area contributed by atoms with Crippen LogP contribution in [0.3, 0.4) is 0 Å². The Morgan fingerprint density at radius 3 is 2.40 bits per heavy atom. The van der Waals surface area contributed by atoms with E-state index in [9.17, 15) is 4.39 Å². The second-order valence-corrected chi connectivity index (χ2v) is 5.47. The summed E-state index contributed by atoms with van der Waals surface area (Å²) in [6.45, 7) is 0.317. The molecule has 6 heteroatoms. The van der Waals surface area contributed by atoms with Crippen molar-refractivity contribution in [2.45, 2.75) is 6.54 Å². The zero-order valence-corrected chi connectivity index (χ0v) is 13.2. The lowest BCUT2D eigenvalue weighted by atomic mass is 10.1. The van der Waals surface area contributed by atoms with E-state index in [1.165, 1.54) is 6.07 Å². The number of aromatic nitrogens is 5. The average molecular weight is 331 g/mol. The molecule has 0 radical (unpaired) electrons. The Kier molecular flexibility index (Phi) is 4.00. The second-order valence-electron chi connectivity index (χ2n) is 5.47. The van der Waals surface area contributed by atoms with Crippen LogP contribution < -0.4 is 0 Å². The van der Waals surface area contributed by atoms with Crippen LogP contribution in [0, 0.1) is 5.82 Å². The Morgan fingerprint density at radius 1 is 0.880 bits per heavy atom. The van der Waals surface area contributed by atoms with E-state index in [0.717, 1.165) is 11.3 Å². The molecule has 1 aromatic carbocycles. The normalized spacial score (nSPS) is 10.8. The van der Waals surface area contributed by atoms with E-state index in [2.05, 4.69) is 20.1 Å². The Labute approximate surface area is 143 Å².